The quantitative estimate of drug-likeness (QED) is 0.732. The predicted molar refractivity (Wildman–Crippen MR) is 117 cm³/mol. The average Bonchev–Trinajstić information content (AvgIpc) is 3.48. The molecule has 1 aromatic carbocycles. The van der Waals surface area contributed by atoms with E-state index in [9.17, 15) is 9.59 Å². The maximum Gasteiger partial charge on any atom is 0.263 e. The Hall–Kier alpha value is -2.54. The zero-order valence-electron chi connectivity index (χ0n) is 17.3. The summed E-state index contributed by atoms with van der Waals surface area (Å²) < 4.78 is 11.5. The van der Waals surface area contributed by atoms with Gasteiger partial charge in [-0.15, -0.1) is 11.3 Å². The lowest BCUT2D eigenvalue weighted by atomic mass is 9.95. The van der Waals surface area contributed by atoms with Crippen LogP contribution in [0.25, 0.3) is 0 Å². The third-order valence-electron chi connectivity index (χ3n) is 5.91. The molecule has 0 bridgehead atoms. The topological polar surface area (TPSA) is 67.9 Å². The van der Waals surface area contributed by atoms with Crippen molar-refractivity contribution in [3.63, 3.8) is 0 Å². The lowest BCUT2D eigenvalue weighted by Crippen LogP contribution is -2.41. The van der Waals surface area contributed by atoms with Gasteiger partial charge in [0.05, 0.1) is 18.1 Å². The molecule has 4 rings (SSSR count). The van der Waals surface area contributed by atoms with Gasteiger partial charge in [-0.3, -0.25) is 9.59 Å². The largest absolute Gasteiger partial charge is 0.493 e. The van der Waals surface area contributed by atoms with Crippen molar-refractivity contribution in [2.24, 2.45) is 5.92 Å². The summed E-state index contributed by atoms with van der Waals surface area (Å²) in [5.74, 6) is 1.32. The molecule has 0 unspecified atom stereocenters. The van der Waals surface area contributed by atoms with Gasteiger partial charge in [0.15, 0.2) is 11.5 Å². The molecule has 1 N–H and O–H groups in total. The van der Waals surface area contributed by atoms with E-state index < -0.39 is 0 Å². The fourth-order valence-corrected chi connectivity index (χ4v) is 4.87. The van der Waals surface area contributed by atoms with Gasteiger partial charge in [-0.2, -0.15) is 0 Å². The van der Waals surface area contributed by atoms with Crippen LogP contribution in [0, 0.1) is 5.92 Å². The van der Waals surface area contributed by atoms with E-state index in [0.29, 0.717) is 43.1 Å². The monoisotopic (exact) mass is 428 g/mol. The van der Waals surface area contributed by atoms with Crippen LogP contribution < -0.4 is 14.8 Å². The minimum absolute atomic E-state index is 0.00444. The highest BCUT2D eigenvalue weighted by Gasteiger charge is 2.28. The maximum absolute atomic E-state index is 12.8. The van der Waals surface area contributed by atoms with Gasteiger partial charge in [0.1, 0.15) is 0 Å². The van der Waals surface area contributed by atoms with Crippen LogP contribution in [-0.4, -0.2) is 43.0 Å². The minimum Gasteiger partial charge on any atom is -0.493 e. The number of rotatable bonds is 6. The second-order valence-electron chi connectivity index (χ2n) is 7.92. The number of carbonyl (C=O) groups is 2. The van der Waals surface area contributed by atoms with Gasteiger partial charge in [-0.05, 0) is 62.1 Å². The normalized spacial score (nSPS) is 17.7. The van der Waals surface area contributed by atoms with Crippen molar-refractivity contribution in [1.29, 1.82) is 0 Å². The van der Waals surface area contributed by atoms with Crippen LogP contribution in [0.3, 0.4) is 0 Å². The predicted octanol–water partition coefficient (Wildman–Crippen LogP) is 4.57. The number of anilines is 1. The van der Waals surface area contributed by atoms with Gasteiger partial charge in [0, 0.05) is 30.8 Å². The second-order valence-corrected chi connectivity index (χ2v) is 8.87. The number of carbonyl (C=O) groups excluding carboxylic acids is 2. The van der Waals surface area contributed by atoms with E-state index >= 15 is 0 Å². The molecular weight excluding hydrogens is 400 g/mol. The highest BCUT2D eigenvalue weighted by Crippen LogP contribution is 2.34. The lowest BCUT2D eigenvalue weighted by Gasteiger charge is -2.31. The van der Waals surface area contributed by atoms with Crippen LogP contribution in [0.4, 0.5) is 5.69 Å². The van der Waals surface area contributed by atoms with Crippen LogP contribution in [-0.2, 0) is 4.79 Å². The summed E-state index contributed by atoms with van der Waals surface area (Å²) in [6, 6.07) is 9.26. The Morgan fingerprint density at radius 1 is 1.07 bits per heavy atom. The van der Waals surface area contributed by atoms with Crippen LogP contribution in [0.15, 0.2) is 35.7 Å². The Balaban J connectivity index is 1.34. The number of amides is 2. The number of hydrogen-bond donors (Lipinski definition) is 1. The molecule has 6 nitrogen and oxygen atoms in total. The first-order valence-corrected chi connectivity index (χ1v) is 11.5. The van der Waals surface area contributed by atoms with Gasteiger partial charge < -0.3 is 19.7 Å². The van der Waals surface area contributed by atoms with Crippen LogP contribution in [0.5, 0.6) is 11.5 Å². The Morgan fingerprint density at radius 2 is 1.83 bits per heavy atom. The Labute approximate surface area is 181 Å². The number of likely N-dealkylation sites (tertiary alicyclic amines) is 1. The van der Waals surface area contributed by atoms with Crippen molar-refractivity contribution in [2.75, 3.05) is 25.5 Å². The molecule has 0 spiro atoms. The van der Waals surface area contributed by atoms with Crippen molar-refractivity contribution in [2.45, 2.75) is 44.6 Å². The number of thiophene rings is 1. The number of ether oxygens (including phenoxy) is 2. The molecule has 1 saturated carbocycles. The van der Waals surface area contributed by atoms with Gasteiger partial charge in [-0.1, -0.05) is 6.07 Å². The van der Waals surface area contributed by atoms with Crippen molar-refractivity contribution in [3.8, 4) is 11.5 Å². The van der Waals surface area contributed by atoms with E-state index in [-0.39, 0.29) is 23.8 Å². The zero-order valence-corrected chi connectivity index (χ0v) is 18.1. The van der Waals surface area contributed by atoms with E-state index in [0.717, 1.165) is 17.7 Å². The van der Waals surface area contributed by atoms with Crippen molar-refractivity contribution >= 4 is 28.8 Å². The van der Waals surface area contributed by atoms with Crippen molar-refractivity contribution in [3.05, 3.63) is 40.6 Å². The number of piperidine rings is 1. The van der Waals surface area contributed by atoms with Gasteiger partial charge in [0.25, 0.3) is 5.91 Å². The summed E-state index contributed by atoms with van der Waals surface area (Å²) in [7, 11) is 1.63. The molecule has 2 heterocycles. The van der Waals surface area contributed by atoms with E-state index in [1.807, 2.05) is 40.6 Å². The molecule has 1 aliphatic heterocycles. The summed E-state index contributed by atoms with van der Waals surface area (Å²) in [5.41, 5.74) is 0.714. The van der Waals surface area contributed by atoms with Gasteiger partial charge in [-0.25, -0.2) is 0 Å². The zero-order chi connectivity index (χ0) is 20.9. The first kappa shape index (κ1) is 20.7. The van der Waals surface area contributed by atoms with Crippen molar-refractivity contribution in [1.82, 2.24) is 4.90 Å². The first-order chi connectivity index (χ1) is 14.6. The molecule has 0 radical (unpaired) electrons. The fraction of sp³-hybridized carbons (Fsp3) is 0.478. The third-order valence-corrected chi connectivity index (χ3v) is 6.77. The second kappa shape index (κ2) is 9.51. The molecule has 7 heteroatoms. The molecule has 2 aromatic rings. The van der Waals surface area contributed by atoms with Crippen LogP contribution >= 0.6 is 11.3 Å². The molecule has 0 atom stereocenters. The standard InChI is InChI=1S/C23H28N2O4S/c1-28-19-9-8-17(15-20(19)29-18-5-2-3-6-18)24-22(26)16-10-12-25(13-11-16)23(27)21-7-4-14-30-21/h4,7-9,14-16,18H,2-3,5-6,10-13H2,1H3,(H,24,26). The number of benzene rings is 1. The molecule has 2 aliphatic rings. The minimum atomic E-state index is -0.0984. The van der Waals surface area contributed by atoms with Crippen LogP contribution in [0.2, 0.25) is 0 Å². The van der Waals surface area contributed by atoms with Crippen LogP contribution in [0.1, 0.15) is 48.2 Å². The molecule has 2 fully saturated rings. The first-order valence-electron chi connectivity index (χ1n) is 10.6. The summed E-state index contributed by atoms with van der Waals surface area (Å²) in [5, 5.41) is 4.93. The summed E-state index contributed by atoms with van der Waals surface area (Å²) >= 11 is 1.46. The van der Waals surface area contributed by atoms with Crippen molar-refractivity contribution < 1.29 is 19.1 Å². The third kappa shape index (κ3) is 4.78. The molecule has 1 aliphatic carbocycles. The van der Waals surface area contributed by atoms with Gasteiger partial charge in [0.2, 0.25) is 5.91 Å². The van der Waals surface area contributed by atoms with E-state index in [2.05, 4.69) is 5.32 Å². The molecule has 30 heavy (non-hydrogen) atoms. The number of hydrogen-bond acceptors (Lipinski definition) is 5. The average molecular weight is 429 g/mol. The molecule has 160 valence electrons. The fourth-order valence-electron chi connectivity index (χ4n) is 4.18. The molecule has 2 amide bonds. The van der Waals surface area contributed by atoms with E-state index in [4.69, 9.17) is 9.47 Å². The van der Waals surface area contributed by atoms with E-state index in [1.54, 1.807) is 7.11 Å². The number of nitrogens with one attached hydrogen (secondary N) is 1. The highest BCUT2D eigenvalue weighted by atomic mass is 32.1. The smallest absolute Gasteiger partial charge is 0.263 e. The SMILES string of the molecule is COc1ccc(NC(=O)C2CCN(C(=O)c3cccs3)CC2)cc1OC1CCCC1. The molecule has 1 saturated heterocycles. The summed E-state index contributed by atoms with van der Waals surface area (Å²) in [4.78, 5) is 27.9. The lowest BCUT2D eigenvalue weighted by molar-refractivity contribution is -0.121. The Bertz CT molecular complexity index is 869. The summed E-state index contributed by atoms with van der Waals surface area (Å²) in [6.07, 6.45) is 6.06. The Morgan fingerprint density at radius 3 is 2.50 bits per heavy atom. The maximum atomic E-state index is 12.8. The number of nitrogens with zero attached hydrogens (tertiary/aromatic N) is 1. The van der Waals surface area contributed by atoms with Gasteiger partial charge >= 0.3 is 0 Å². The highest BCUT2D eigenvalue weighted by molar-refractivity contribution is 7.12. The molecular formula is C23H28N2O4S. The molecule has 1 aromatic heterocycles. The summed E-state index contributed by atoms with van der Waals surface area (Å²) in [6.45, 7) is 1.21. The number of methoxy groups -OCH3 is 1. The Kier molecular flexibility index (Phi) is 6.57. The van der Waals surface area contributed by atoms with E-state index in [1.165, 1.54) is 24.2 Å².